The second-order valence-corrected chi connectivity index (χ2v) is 2.29. The Labute approximate surface area is 123 Å². The molecule has 0 aromatic carbocycles. The van der Waals surface area contributed by atoms with Crippen molar-refractivity contribution in [3.8, 4) is 0 Å². The van der Waals surface area contributed by atoms with Crippen molar-refractivity contribution in [2.45, 2.75) is 39.5 Å². The molecule has 0 aromatic heterocycles. The van der Waals surface area contributed by atoms with Crippen LogP contribution in [-0.4, -0.2) is 22.2 Å². The van der Waals surface area contributed by atoms with Gasteiger partial charge in [0.05, 0.1) is 0 Å². The van der Waals surface area contributed by atoms with Gasteiger partial charge in [-0.3, -0.25) is 9.59 Å². The summed E-state index contributed by atoms with van der Waals surface area (Å²) < 4.78 is 0. The summed E-state index contributed by atoms with van der Waals surface area (Å²) in [5.74, 6) is -1.42. The first-order valence-corrected chi connectivity index (χ1v) is 3.98. The molecule has 4 nitrogen and oxygen atoms in total. The smallest absolute Gasteiger partial charge is 1.00 e. The summed E-state index contributed by atoms with van der Waals surface area (Å²) in [6.45, 7) is 3.68. The van der Waals surface area contributed by atoms with Crippen LogP contribution in [0.5, 0.6) is 0 Å². The van der Waals surface area contributed by atoms with Gasteiger partial charge < -0.3 is 18.8 Å². The SMILES string of the molecule is CCCC(=O)O.CCCC(=O)O.[H-].[H-].[H-].[H-].[H-].[H-].[Ti+2].[Ti+4]. The van der Waals surface area contributed by atoms with Crippen LogP contribution in [0.3, 0.4) is 0 Å². The predicted molar refractivity (Wildman–Crippen MR) is 51.8 cm³/mol. The summed E-state index contributed by atoms with van der Waals surface area (Å²) in [6.07, 6.45) is 2.05. The fourth-order valence-corrected chi connectivity index (χ4v) is 0.428. The third-order valence-electron chi connectivity index (χ3n) is 0.928. The van der Waals surface area contributed by atoms with Crippen molar-refractivity contribution in [3.05, 3.63) is 0 Å². The van der Waals surface area contributed by atoms with Gasteiger partial charge in [-0.25, -0.2) is 0 Å². The minimum absolute atomic E-state index is 0. The van der Waals surface area contributed by atoms with Crippen LogP contribution >= 0.6 is 0 Å². The Morgan fingerprint density at radius 2 is 1.21 bits per heavy atom. The molecule has 0 heterocycles. The van der Waals surface area contributed by atoms with E-state index in [0.717, 1.165) is 12.8 Å². The van der Waals surface area contributed by atoms with E-state index in [9.17, 15) is 9.59 Å². The Bertz CT molecular complexity index is 141. The first-order valence-electron chi connectivity index (χ1n) is 3.98. The van der Waals surface area contributed by atoms with Gasteiger partial charge in [0, 0.05) is 12.8 Å². The van der Waals surface area contributed by atoms with E-state index < -0.39 is 11.9 Å². The number of carbonyl (C=O) groups is 2. The Hall–Kier alpha value is 0.369. The molecule has 14 heavy (non-hydrogen) atoms. The molecule has 2 N–H and O–H groups in total. The van der Waals surface area contributed by atoms with Gasteiger partial charge in [-0.05, 0) is 12.8 Å². The maximum absolute atomic E-state index is 9.60. The minimum Gasteiger partial charge on any atom is -1.00 e. The predicted octanol–water partition coefficient (Wildman–Crippen LogP) is 2.41. The Balaban J connectivity index is -0.00000000893. The molecule has 0 saturated carbocycles. The fourth-order valence-electron chi connectivity index (χ4n) is 0.428. The molecular formula is C8H22O4Ti2. The van der Waals surface area contributed by atoms with Crippen molar-refractivity contribution < 1.29 is 71.8 Å². The topological polar surface area (TPSA) is 74.6 Å². The average molecular weight is 278 g/mol. The second-order valence-electron chi connectivity index (χ2n) is 2.29. The molecule has 0 aromatic rings. The van der Waals surface area contributed by atoms with E-state index in [0.29, 0.717) is 12.8 Å². The summed E-state index contributed by atoms with van der Waals surface area (Å²) in [4.78, 5) is 19.2. The normalized spacial score (nSPS) is 7.00. The van der Waals surface area contributed by atoms with Crippen molar-refractivity contribution >= 4 is 11.9 Å². The van der Waals surface area contributed by atoms with Crippen LogP contribution in [0.15, 0.2) is 0 Å². The first-order chi connectivity index (χ1) is 5.54. The quantitative estimate of drug-likeness (QED) is 0.774. The van der Waals surface area contributed by atoms with Crippen LogP contribution in [0.2, 0.25) is 0 Å². The minimum atomic E-state index is -0.711. The van der Waals surface area contributed by atoms with Gasteiger partial charge >= 0.3 is 55.4 Å². The Morgan fingerprint density at radius 1 is 1.00 bits per heavy atom. The molecule has 0 spiro atoms. The van der Waals surface area contributed by atoms with Crippen LogP contribution in [0.1, 0.15) is 48.1 Å². The van der Waals surface area contributed by atoms with Gasteiger partial charge in [0.1, 0.15) is 0 Å². The third kappa shape index (κ3) is 39.4. The average Bonchev–Trinajstić information content (AvgIpc) is 1.87. The zero-order valence-electron chi connectivity index (χ0n) is 14.5. The molecule has 0 atom stereocenters. The van der Waals surface area contributed by atoms with Gasteiger partial charge in [0.2, 0.25) is 0 Å². The number of aliphatic carboxylic acids is 2. The second kappa shape index (κ2) is 19.0. The van der Waals surface area contributed by atoms with E-state index in [1.165, 1.54) is 0 Å². The Kier molecular flexibility index (Phi) is 32.5. The molecule has 6 heteroatoms. The molecule has 0 bridgehead atoms. The van der Waals surface area contributed by atoms with Crippen molar-refractivity contribution in [3.63, 3.8) is 0 Å². The molecule has 86 valence electrons. The molecule has 0 saturated heterocycles. The maximum atomic E-state index is 9.60. The van der Waals surface area contributed by atoms with Gasteiger partial charge in [-0.1, -0.05) is 13.8 Å². The number of hydrogen-bond donors (Lipinski definition) is 2. The molecule has 0 rings (SSSR count). The molecule has 0 amide bonds. The zero-order chi connectivity index (χ0) is 9.98. The summed E-state index contributed by atoms with van der Waals surface area (Å²) >= 11 is 0. The molecule has 0 aliphatic rings. The number of rotatable bonds is 4. The van der Waals surface area contributed by atoms with Gasteiger partial charge in [-0.2, -0.15) is 0 Å². The van der Waals surface area contributed by atoms with E-state index in [2.05, 4.69) is 0 Å². The molecule has 0 unspecified atom stereocenters. The molecule has 0 radical (unpaired) electrons. The third-order valence-corrected chi connectivity index (χ3v) is 0.928. The number of carboxylic acid groups (broad SMARTS) is 2. The van der Waals surface area contributed by atoms with Crippen LogP contribution in [0.25, 0.3) is 0 Å². The van der Waals surface area contributed by atoms with Gasteiger partial charge in [-0.15, -0.1) is 0 Å². The summed E-state index contributed by atoms with van der Waals surface area (Å²) in [5, 5.41) is 15.8. The van der Waals surface area contributed by atoms with Crippen LogP contribution < -0.4 is 0 Å². The maximum Gasteiger partial charge on any atom is 4.00 e. The molecule has 0 aliphatic carbocycles. The van der Waals surface area contributed by atoms with Crippen molar-refractivity contribution in [1.29, 1.82) is 0 Å². The van der Waals surface area contributed by atoms with E-state index in [1.54, 1.807) is 0 Å². The Morgan fingerprint density at radius 3 is 1.21 bits per heavy atom. The number of carboxylic acids is 2. The van der Waals surface area contributed by atoms with Crippen LogP contribution in [0.4, 0.5) is 0 Å². The fraction of sp³-hybridized carbons (Fsp3) is 0.750. The molecule has 0 aliphatic heterocycles. The number of hydrogen-bond acceptors (Lipinski definition) is 2. The monoisotopic (exact) mass is 278 g/mol. The van der Waals surface area contributed by atoms with E-state index in [1.807, 2.05) is 13.8 Å². The van der Waals surface area contributed by atoms with Crippen molar-refractivity contribution in [2.75, 3.05) is 0 Å². The van der Waals surface area contributed by atoms with Crippen LogP contribution in [0, 0.1) is 0 Å². The van der Waals surface area contributed by atoms with Crippen LogP contribution in [-0.2, 0) is 53.0 Å². The summed E-state index contributed by atoms with van der Waals surface area (Å²) in [5.41, 5.74) is 0. The standard InChI is InChI=1S/2C4H8O2.2Ti.6H/c2*1-2-3-4(5)6;;;;;;;;/h2*2-3H2,1H3,(H,5,6);;;;;;;;/q;;+2;+4;6*-1. The largest absolute Gasteiger partial charge is 4.00 e. The van der Waals surface area contributed by atoms with Gasteiger partial charge in [0.15, 0.2) is 0 Å². The van der Waals surface area contributed by atoms with Crippen molar-refractivity contribution in [1.82, 2.24) is 0 Å². The van der Waals surface area contributed by atoms with E-state index in [-0.39, 0.29) is 52.0 Å². The molecular weight excluding hydrogens is 256 g/mol. The van der Waals surface area contributed by atoms with Crippen molar-refractivity contribution in [2.24, 2.45) is 0 Å². The molecule has 0 fully saturated rings. The first kappa shape index (κ1) is 23.9. The summed E-state index contributed by atoms with van der Waals surface area (Å²) in [6, 6.07) is 0. The van der Waals surface area contributed by atoms with Gasteiger partial charge in [0.25, 0.3) is 0 Å². The van der Waals surface area contributed by atoms with E-state index in [4.69, 9.17) is 10.2 Å². The van der Waals surface area contributed by atoms with E-state index >= 15 is 0 Å². The summed E-state index contributed by atoms with van der Waals surface area (Å²) in [7, 11) is 0. The zero-order valence-corrected chi connectivity index (χ0v) is 11.7.